The van der Waals surface area contributed by atoms with Crippen LogP contribution in [0.5, 0.6) is 0 Å². The number of aliphatic carboxylic acids is 1. The minimum Gasteiger partial charge on any atom is -0.480 e. The molecular weight excluding hydrogens is 349 g/mol. The molecular formula is C20H28FN3O3. The van der Waals surface area contributed by atoms with E-state index >= 15 is 0 Å². The lowest BCUT2D eigenvalue weighted by Gasteiger charge is -2.42. The number of benzene rings is 1. The fourth-order valence-electron chi connectivity index (χ4n) is 4.08. The molecule has 1 heterocycles. The summed E-state index contributed by atoms with van der Waals surface area (Å²) in [6, 6.07) is 6.91. The molecule has 2 aliphatic rings. The average molecular weight is 377 g/mol. The van der Waals surface area contributed by atoms with Crippen molar-refractivity contribution in [3.63, 3.8) is 0 Å². The van der Waals surface area contributed by atoms with E-state index < -0.39 is 5.97 Å². The Bertz CT molecular complexity index is 661. The molecule has 0 aromatic heterocycles. The van der Waals surface area contributed by atoms with Crippen LogP contribution in [-0.2, 0) is 11.2 Å². The smallest absolute Gasteiger partial charge is 0.317 e. The van der Waals surface area contributed by atoms with Gasteiger partial charge >= 0.3 is 12.0 Å². The van der Waals surface area contributed by atoms with E-state index in [1.54, 1.807) is 0 Å². The Morgan fingerprint density at radius 3 is 2.63 bits per heavy atom. The van der Waals surface area contributed by atoms with Gasteiger partial charge < -0.3 is 15.3 Å². The molecule has 0 bridgehead atoms. The maximum absolute atomic E-state index is 13.0. The van der Waals surface area contributed by atoms with Crippen molar-refractivity contribution in [2.75, 3.05) is 26.2 Å². The molecule has 27 heavy (non-hydrogen) atoms. The Kier molecular flexibility index (Phi) is 6.31. The molecule has 2 N–H and O–H groups in total. The zero-order valence-electron chi connectivity index (χ0n) is 15.7. The van der Waals surface area contributed by atoms with Gasteiger partial charge in [-0.3, -0.25) is 9.69 Å². The maximum atomic E-state index is 13.0. The number of carbonyl (C=O) groups excluding carboxylic acids is 1. The van der Waals surface area contributed by atoms with Gasteiger partial charge in [0.05, 0.1) is 6.54 Å². The molecule has 3 rings (SSSR count). The highest BCUT2D eigenvalue weighted by atomic mass is 19.1. The number of carboxylic acid groups (broad SMARTS) is 1. The predicted octanol–water partition coefficient (Wildman–Crippen LogP) is 2.34. The van der Waals surface area contributed by atoms with Gasteiger partial charge in [0, 0.05) is 25.2 Å². The molecule has 0 spiro atoms. The van der Waals surface area contributed by atoms with Crippen LogP contribution in [0.4, 0.5) is 9.18 Å². The maximum Gasteiger partial charge on any atom is 0.317 e. The number of nitrogens with zero attached hydrogens (tertiary/aromatic N) is 2. The monoisotopic (exact) mass is 377 g/mol. The van der Waals surface area contributed by atoms with Crippen molar-refractivity contribution < 1.29 is 19.1 Å². The third-order valence-corrected chi connectivity index (χ3v) is 5.71. The van der Waals surface area contributed by atoms with Crippen LogP contribution in [0.2, 0.25) is 0 Å². The quantitative estimate of drug-likeness (QED) is 0.765. The van der Waals surface area contributed by atoms with Gasteiger partial charge in [0.15, 0.2) is 0 Å². The van der Waals surface area contributed by atoms with E-state index in [0.29, 0.717) is 12.5 Å². The summed E-state index contributed by atoms with van der Waals surface area (Å²) < 4.78 is 13.0. The fourth-order valence-corrected chi connectivity index (χ4v) is 4.08. The number of likely N-dealkylation sites (tertiary alicyclic amines) is 1. The number of carboxylic acids is 1. The molecule has 6 nitrogen and oxygen atoms in total. The minimum atomic E-state index is -0.811. The molecule has 1 aliphatic carbocycles. The van der Waals surface area contributed by atoms with E-state index in [2.05, 4.69) is 5.32 Å². The summed E-state index contributed by atoms with van der Waals surface area (Å²) >= 11 is 0. The predicted molar refractivity (Wildman–Crippen MR) is 100 cm³/mol. The first-order chi connectivity index (χ1) is 12.9. The first-order valence-electron chi connectivity index (χ1n) is 9.70. The second-order valence-corrected chi connectivity index (χ2v) is 7.66. The van der Waals surface area contributed by atoms with Crippen molar-refractivity contribution in [1.82, 2.24) is 15.1 Å². The standard InChI is InChI=1S/C20H28FN3O3/c1-2-23(13-19(25)26)18-10-17(11-18)22-20(27)24-8-7-15(12-24)9-14-3-5-16(21)6-4-14/h3-6,15,17-18H,2,7-13H2,1H3,(H,22,27)(H,25,26). The van der Waals surface area contributed by atoms with E-state index in [0.717, 1.165) is 44.3 Å². The second kappa shape index (κ2) is 8.69. The summed E-state index contributed by atoms with van der Waals surface area (Å²) in [5.74, 6) is -0.634. The van der Waals surface area contributed by atoms with Gasteiger partial charge in [0.2, 0.25) is 0 Å². The van der Waals surface area contributed by atoms with Crippen molar-refractivity contribution in [3.8, 4) is 0 Å². The minimum absolute atomic E-state index is 0.0265. The number of likely N-dealkylation sites (N-methyl/N-ethyl adjacent to an activating group) is 1. The number of amides is 2. The van der Waals surface area contributed by atoms with Crippen LogP contribution in [0.25, 0.3) is 0 Å². The zero-order valence-corrected chi connectivity index (χ0v) is 15.7. The molecule has 1 unspecified atom stereocenters. The summed E-state index contributed by atoms with van der Waals surface area (Å²) in [5.41, 5.74) is 1.10. The van der Waals surface area contributed by atoms with Gasteiger partial charge in [-0.1, -0.05) is 19.1 Å². The van der Waals surface area contributed by atoms with Crippen LogP contribution < -0.4 is 5.32 Å². The normalized spacial score (nSPS) is 24.7. The first-order valence-corrected chi connectivity index (χ1v) is 9.70. The molecule has 1 aliphatic heterocycles. The Hall–Kier alpha value is -2.15. The first kappa shape index (κ1) is 19.6. The lowest BCUT2D eigenvalue weighted by atomic mass is 9.85. The summed E-state index contributed by atoms with van der Waals surface area (Å²) in [6.07, 6.45) is 3.43. The van der Waals surface area contributed by atoms with E-state index in [9.17, 15) is 14.0 Å². The largest absolute Gasteiger partial charge is 0.480 e. The highest BCUT2D eigenvalue weighted by Gasteiger charge is 2.36. The Balaban J connectivity index is 1.40. The molecule has 1 saturated carbocycles. The van der Waals surface area contributed by atoms with Gasteiger partial charge in [-0.25, -0.2) is 9.18 Å². The van der Waals surface area contributed by atoms with Crippen LogP contribution in [-0.4, -0.2) is 65.2 Å². The number of carbonyl (C=O) groups is 2. The van der Waals surface area contributed by atoms with E-state index in [-0.39, 0.29) is 30.5 Å². The number of nitrogens with one attached hydrogen (secondary N) is 1. The van der Waals surface area contributed by atoms with E-state index in [4.69, 9.17) is 5.11 Å². The van der Waals surface area contributed by atoms with E-state index in [1.165, 1.54) is 12.1 Å². The third kappa shape index (κ3) is 5.19. The van der Waals surface area contributed by atoms with Gasteiger partial charge in [-0.15, -0.1) is 0 Å². The molecule has 7 heteroatoms. The van der Waals surface area contributed by atoms with Crippen molar-refractivity contribution in [3.05, 3.63) is 35.6 Å². The molecule has 1 atom stereocenters. The molecule has 0 radical (unpaired) electrons. The fraction of sp³-hybridized carbons (Fsp3) is 0.600. The molecule has 2 fully saturated rings. The van der Waals surface area contributed by atoms with Gasteiger partial charge in [0.1, 0.15) is 5.82 Å². The molecule has 148 valence electrons. The van der Waals surface area contributed by atoms with Crippen LogP contribution in [0.15, 0.2) is 24.3 Å². The molecule has 1 aromatic carbocycles. The number of halogens is 1. The highest BCUT2D eigenvalue weighted by Crippen LogP contribution is 2.27. The van der Waals surface area contributed by atoms with Crippen molar-refractivity contribution in [1.29, 1.82) is 0 Å². The van der Waals surface area contributed by atoms with Crippen LogP contribution in [0.1, 0.15) is 31.7 Å². The Morgan fingerprint density at radius 2 is 2.00 bits per heavy atom. The highest BCUT2D eigenvalue weighted by molar-refractivity contribution is 5.75. The number of rotatable bonds is 7. The average Bonchev–Trinajstić information content (AvgIpc) is 3.06. The summed E-state index contributed by atoms with van der Waals surface area (Å²) in [6.45, 7) is 4.18. The van der Waals surface area contributed by atoms with E-state index in [1.807, 2.05) is 28.9 Å². The lowest BCUT2D eigenvalue weighted by Crippen LogP contribution is -2.56. The van der Waals surface area contributed by atoms with Crippen molar-refractivity contribution >= 4 is 12.0 Å². The van der Waals surface area contributed by atoms with Crippen LogP contribution in [0.3, 0.4) is 0 Å². The van der Waals surface area contributed by atoms with Crippen molar-refractivity contribution in [2.45, 2.75) is 44.7 Å². The molecule has 1 aromatic rings. The molecule has 1 saturated heterocycles. The number of hydrogen-bond acceptors (Lipinski definition) is 3. The zero-order chi connectivity index (χ0) is 19.4. The SMILES string of the molecule is CCN(CC(=O)O)C1CC(NC(=O)N2CCC(Cc3ccc(F)cc3)C2)C1. The van der Waals surface area contributed by atoms with Gasteiger partial charge in [-0.05, 0) is 55.8 Å². The van der Waals surface area contributed by atoms with Crippen molar-refractivity contribution in [2.24, 2.45) is 5.92 Å². The third-order valence-electron chi connectivity index (χ3n) is 5.71. The topological polar surface area (TPSA) is 72.9 Å². The summed E-state index contributed by atoms with van der Waals surface area (Å²) in [7, 11) is 0. The Labute approximate surface area is 159 Å². The van der Waals surface area contributed by atoms with Gasteiger partial charge in [-0.2, -0.15) is 0 Å². The summed E-state index contributed by atoms with van der Waals surface area (Å²) in [4.78, 5) is 27.2. The second-order valence-electron chi connectivity index (χ2n) is 7.66. The van der Waals surface area contributed by atoms with Gasteiger partial charge in [0.25, 0.3) is 0 Å². The lowest BCUT2D eigenvalue weighted by molar-refractivity contribution is -0.139. The van der Waals surface area contributed by atoms with Crippen LogP contribution >= 0.6 is 0 Å². The number of urea groups is 1. The number of hydrogen-bond donors (Lipinski definition) is 2. The van der Waals surface area contributed by atoms with Crippen LogP contribution in [0, 0.1) is 11.7 Å². The summed E-state index contributed by atoms with van der Waals surface area (Å²) in [5, 5.41) is 12.0. The molecule has 2 amide bonds. The Morgan fingerprint density at radius 1 is 1.30 bits per heavy atom.